The molecule has 0 saturated carbocycles. The van der Waals surface area contributed by atoms with Crippen molar-refractivity contribution in [3.05, 3.63) is 59.4 Å². The van der Waals surface area contributed by atoms with Crippen molar-refractivity contribution < 1.29 is 0 Å². The number of rotatable bonds is 2. The fraction of sp³-hybridized carbons (Fsp3) is 0.375. The SMILES string of the molecule is Cc1ccc(CN2CCn3cccc3[C@@H]2C)cc1. The second kappa shape index (κ2) is 4.62. The first kappa shape index (κ1) is 11.5. The van der Waals surface area contributed by atoms with Crippen molar-refractivity contribution in [1.82, 2.24) is 9.47 Å². The van der Waals surface area contributed by atoms with Crippen LogP contribution in [-0.2, 0) is 13.1 Å². The van der Waals surface area contributed by atoms with Crippen LogP contribution in [0.5, 0.6) is 0 Å². The molecule has 94 valence electrons. The average molecular weight is 240 g/mol. The number of aromatic nitrogens is 1. The summed E-state index contributed by atoms with van der Waals surface area (Å²) in [5, 5.41) is 0. The molecule has 2 heterocycles. The van der Waals surface area contributed by atoms with E-state index in [1.165, 1.54) is 16.8 Å². The molecule has 1 aromatic heterocycles. The summed E-state index contributed by atoms with van der Waals surface area (Å²) in [4.78, 5) is 2.56. The summed E-state index contributed by atoms with van der Waals surface area (Å²) in [7, 11) is 0. The van der Waals surface area contributed by atoms with E-state index < -0.39 is 0 Å². The number of aryl methyl sites for hydroxylation is 1. The minimum absolute atomic E-state index is 0.509. The largest absolute Gasteiger partial charge is 0.349 e. The molecule has 0 aliphatic carbocycles. The first-order valence-electron chi connectivity index (χ1n) is 6.68. The number of benzene rings is 1. The maximum atomic E-state index is 2.56. The van der Waals surface area contributed by atoms with Gasteiger partial charge in [0.2, 0.25) is 0 Å². The number of nitrogens with zero attached hydrogens (tertiary/aromatic N) is 2. The van der Waals surface area contributed by atoms with Gasteiger partial charge in [-0.3, -0.25) is 4.90 Å². The maximum absolute atomic E-state index is 2.56. The van der Waals surface area contributed by atoms with Crippen molar-refractivity contribution in [1.29, 1.82) is 0 Å². The van der Waals surface area contributed by atoms with E-state index in [1.54, 1.807) is 0 Å². The van der Waals surface area contributed by atoms with Crippen LogP contribution in [0.3, 0.4) is 0 Å². The molecule has 0 amide bonds. The van der Waals surface area contributed by atoms with Gasteiger partial charge in [-0.1, -0.05) is 29.8 Å². The molecule has 2 heteroatoms. The Balaban J connectivity index is 1.77. The predicted octanol–water partition coefficient (Wildman–Crippen LogP) is 3.37. The summed E-state index contributed by atoms with van der Waals surface area (Å²) in [6.45, 7) is 7.74. The van der Waals surface area contributed by atoms with Crippen LogP contribution in [0.4, 0.5) is 0 Å². The highest BCUT2D eigenvalue weighted by atomic mass is 15.2. The summed E-state index contributed by atoms with van der Waals surface area (Å²) in [6.07, 6.45) is 2.19. The van der Waals surface area contributed by atoms with E-state index in [4.69, 9.17) is 0 Å². The van der Waals surface area contributed by atoms with E-state index in [2.05, 4.69) is 65.9 Å². The van der Waals surface area contributed by atoms with Gasteiger partial charge in [0.25, 0.3) is 0 Å². The van der Waals surface area contributed by atoms with Gasteiger partial charge < -0.3 is 4.57 Å². The lowest BCUT2D eigenvalue weighted by atomic mass is 10.1. The highest BCUT2D eigenvalue weighted by molar-refractivity contribution is 5.22. The van der Waals surface area contributed by atoms with Crippen molar-refractivity contribution in [2.45, 2.75) is 33.0 Å². The zero-order valence-electron chi connectivity index (χ0n) is 11.1. The van der Waals surface area contributed by atoms with E-state index in [1.807, 2.05) is 0 Å². The van der Waals surface area contributed by atoms with Crippen molar-refractivity contribution >= 4 is 0 Å². The lowest BCUT2D eigenvalue weighted by Crippen LogP contribution is -2.35. The van der Waals surface area contributed by atoms with Crippen LogP contribution in [0.1, 0.15) is 29.8 Å². The number of hydrogen-bond donors (Lipinski definition) is 0. The molecule has 0 N–H and O–H groups in total. The quantitative estimate of drug-likeness (QED) is 0.781. The minimum atomic E-state index is 0.509. The van der Waals surface area contributed by atoms with Crippen molar-refractivity contribution in [2.24, 2.45) is 0 Å². The second-order valence-electron chi connectivity index (χ2n) is 5.26. The summed E-state index contributed by atoms with van der Waals surface area (Å²) in [6, 6.07) is 13.8. The zero-order valence-corrected chi connectivity index (χ0v) is 11.1. The highest BCUT2D eigenvalue weighted by Gasteiger charge is 2.22. The fourth-order valence-electron chi connectivity index (χ4n) is 2.77. The van der Waals surface area contributed by atoms with E-state index in [0.29, 0.717) is 6.04 Å². The summed E-state index contributed by atoms with van der Waals surface area (Å²) < 4.78 is 2.37. The van der Waals surface area contributed by atoms with Crippen LogP contribution in [0.2, 0.25) is 0 Å². The van der Waals surface area contributed by atoms with Crippen LogP contribution in [0.15, 0.2) is 42.6 Å². The molecule has 0 radical (unpaired) electrons. The average Bonchev–Trinajstić information content (AvgIpc) is 2.84. The third-order valence-corrected chi connectivity index (χ3v) is 3.97. The van der Waals surface area contributed by atoms with Gasteiger partial charge in [0.05, 0.1) is 0 Å². The van der Waals surface area contributed by atoms with E-state index >= 15 is 0 Å². The lowest BCUT2D eigenvalue weighted by Gasteiger charge is -2.34. The molecule has 1 aliphatic rings. The molecule has 1 atom stereocenters. The van der Waals surface area contributed by atoms with Crippen molar-refractivity contribution in [3.8, 4) is 0 Å². The maximum Gasteiger partial charge on any atom is 0.0476 e. The molecule has 18 heavy (non-hydrogen) atoms. The molecule has 0 saturated heterocycles. The van der Waals surface area contributed by atoms with Gasteiger partial charge in [0, 0.05) is 37.6 Å². The normalized spacial score (nSPS) is 19.8. The first-order chi connectivity index (χ1) is 8.74. The molecular weight excluding hydrogens is 220 g/mol. The van der Waals surface area contributed by atoms with Crippen LogP contribution < -0.4 is 0 Å². The Labute approximate surface area is 109 Å². The van der Waals surface area contributed by atoms with Gasteiger partial charge in [-0.25, -0.2) is 0 Å². The zero-order chi connectivity index (χ0) is 12.5. The second-order valence-corrected chi connectivity index (χ2v) is 5.26. The van der Waals surface area contributed by atoms with Crippen LogP contribution >= 0.6 is 0 Å². The smallest absolute Gasteiger partial charge is 0.0476 e. The molecule has 0 fully saturated rings. The number of hydrogen-bond acceptors (Lipinski definition) is 1. The van der Waals surface area contributed by atoms with Crippen LogP contribution in [0.25, 0.3) is 0 Å². The topological polar surface area (TPSA) is 8.17 Å². The summed E-state index contributed by atoms with van der Waals surface area (Å²) in [5.74, 6) is 0. The summed E-state index contributed by atoms with van der Waals surface area (Å²) in [5.41, 5.74) is 4.18. The Hall–Kier alpha value is -1.54. The Morgan fingerprint density at radius 2 is 1.89 bits per heavy atom. The lowest BCUT2D eigenvalue weighted by molar-refractivity contribution is 0.161. The predicted molar refractivity (Wildman–Crippen MR) is 74.4 cm³/mol. The Bertz CT molecular complexity index is 524. The van der Waals surface area contributed by atoms with Gasteiger partial charge in [-0.15, -0.1) is 0 Å². The van der Waals surface area contributed by atoms with Gasteiger partial charge in [-0.2, -0.15) is 0 Å². The molecule has 1 aliphatic heterocycles. The summed E-state index contributed by atoms with van der Waals surface area (Å²) >= 11 is 0. The van der Waals surface area contributed by atoms with E-state index in [9.17, 15) is 0 Å². The third-order valence-electron chi connectivity index (χ3n) is 3.97. The molecular formula is C16H20N2. The van der Waals surface area contributed by atoms with Gasteiger partial charge in [-0.05, 0) is 31.5 Å². The Morgan fingerprint density at radius 3 is 2.67 bits per heavy atom. The molecule has 0 bridgehead atoms. The van der Waals surface area contributed by atoms with Crippen LogP contribution in [0, 0.1) is 6.92 Å². The highest BCUT2D eigenvalue weighted by Crippen LogP contribution is 2.26. The third kappa shape index (κ3) is 2.08. The monoisotopic (exact) mass is 240 g/mol. The van der Waals surface area contributed by atoms with Crippen molar-refractivity contribution in [3.63, 3.8) is 0 Å². The standard InChI is InChI=1S/C16H20N2/c1-13-5-7-15(8-6-13)12-18-11-10-17-9-3-4-16(17)14(18)2/h3-9,14H,10-12H2,1-2H3/t14-/m0/s1. The minimum Gasteiger partial charge on any atom is -0.349 e. The molecule has 3 rings (SSSR count). The van der Waals surface area contributed by atoms with E-state index in [-0.39, 0.29) is 0 Å². The molecule has 1 aromatic carbocycles. The van der Waals surface area contributed by atoms with Gasteiger partial charge >= 0.3 is 0 Å². The molecule has 2 nitrogen and oxygen atoms in total. The van der Waals surface area contributed by atoms with Crippen LogP contribution in [-0.4, -0.2) is 16.0 Å². The van der Waals surface area contributed by atoms with Gasteiger partial charge in [0.15, 0.2) is 0 Å². The van der Waals surface area contributed by atoms with Gasteiger partial charge in [0.1, 0.15) is 0 Å². The fourth-order valence-corrected chi connectivity index (χ4v) is 2.77. The van der Waals surface area contributed by atoms with Crippen molar-refractivity contribution in [2.75, 3.05) is 6.54 Å². The molecule has 0 unspecified atom stereocenters. The Kier molecular flexibility index (Phi) is 2.96. The molecule has 0 spiro atoms. The molecule has 2 aromatic rings. The van der Waals surface area contributed by atoms with E-state index in [0.717, 1.165) is 19.6 Å². The first-order valence-corrected chi connectivity index (χ1v) is 6.68. The number of fused-ring (bicyclic) bond motifs is 1. The Morgan fingerprint density at radius 1 is 1.11 bits per heavy atom.